The molecule has 0 bridgehead atoms. The highest BCUT2D eigenvalue weighted by Gasteiger charge is 2.15. The summed E-state index contributed by atoms with van der Waals surface area (Å²) >= 11 is 0. The number of hydrogen-bond donors (Lipinski definition) is 1. The first-order chi connectivity index (χ1) is 12.0. The van der Waals surface area contributed by atoms with E-state index in [0.717, 1.165) is 22.3 Å². The summed E-state index contributed by atoms with van der Waals surface area (Å²) in [6.45, 7) is 4.55. The van der Waals surface area contributed by atoms with E-state index in [1.165, 1.54) is 0 Å². The minimum absolute atomic E-state index is 0.136. The second-order valence-corrected chi connectivity index (χ2v) is 6.60. The summed E-state index contributed by atoms with van der Waals surface area (Å²) in [6, 6.07) is 15.4. The average molecular weight is 340 g/mol. The Bertz CT molecular complexity index is 924. The summed E-state index contributed by atoms with van der Waals surface area (Å²) in [5.74, 6) is 1.12. The van der Waals surface area contributed by atoms with Crippen LogP contribution in [0.3, 0.4) is 0 Å². The maximum absolute atomic E-state index is 12.4. The molecular formula is C20H24N2O3. The second-order valence-electron chi connectivity index (χ2n) is 6.60. The number of imidazole rings is 1. The number of para-hydroxylation sites is 3. The van der Waals surface area contributed by atoms with Crippen molar-refractivity contribution >= 4 is 11.0 Å². The summed E-state index contributed by atoms with van der Waals surface area (Å²) in [5, 5.41) is 10.4. The molecule has 5 heteroatoms. The Labute approximate surface area is 147 Å². The monoisotopic (exact) mass is 340 g/mol. The number of aryl methyl sites for hydroxylation is 1. The van der Waals surface area contributed by atoms with E-state index in [1.807, 2.05) is 48.5 Å². The van der Waals surface area contributed by atoms with Crippen molar-refractivity contribution in [3.05, 3.63) is 64.6 Å². The van der Waals surface area contributed by atoms with Crippen LogP contribution in [0.1, 0.15) is 25.3 Å². The van der Waals surface area contributed by atoms with Crippen molar-refractivity contribution in [2.75, 3.05) is 6.61 Å². The molecule has 0 fully saturated rings. The number of aliphatic hydroxyl groups is 1. The predicted molar refractivity (Wildman–Crippen MR) is 99.2 cm³/mol. The molecule has 0 saturated carbocycles. The standard InChI is InChI=1S/C20H24N2O3/c1-14(2)16-8-4-7-11-19(16)25-13-15(23)12-22-18-10-6-5-9-17(18)21(3)20(22)24/h4-11,14-15,23H,12-13H2,1-3H3. The van der Waals surface area contributed by atoms with Gasteiger partial charge in [0, 0.05) is 7.05 Å². The van der Waals surface area contributed by atoms with Gasteiger partial charge in [-0.3, -0.25) is 9.13 Å². The van der Waals surface area contributed by atoms with Gasteiger partial charge in [0.05, 0.1) is 17.6 Å². The normalized spacial score (nSPS) is 12.7. The van der Waals surface area contributed by atoms with Crippen molar-refractivity contribution in [1.29, 1.82) is 0 Å². The summed E-state index contributed by atoms with van der Waals surface area (Å²) < 4.78 is 9.01. The molecule has 1 heterocycles. The summed E-state index contributed by atoms with van der Waals surface area (Å²) in [4.78, 5) is 12.4. The maximum Gasteiger partial charge on any atom is 0.328 e. The third-order valence-electron chi connectivity index (χ3n) is 4.42. The van der Waals surface area contributed by atoms with Gasteiger partial charge in [-0.15, -0.1) is 0 Å². The Morgan fingerprint density at radius 2 is 1.68 bits per heavy atom. The average Bonchev–Trinajstić information content (AvgIpc) is 2.85. The van der Waals surface area contributed by atoms with Crippen molar-refractivity contribution in [3.8, 4) is 5.75 Å². The number of nitrogens with zero attached hydrogens (tertiary/aromatic N) is 2. The van der Waals surface area contributed by atoms with E-state index in [-0.39, 0.29) is 18.8 Å². The first-order valence-electron chi connectivity index (χ1n) is 8.53. The van der Waals surface area contributed by atoms with Crippen LogP contribution in [0.5, 0.6) is 5.75 Å². The molecule has 1 aromatic heterocycles. The lowest BCUT2D eigenvalue weighted by atomic mass is 10.0. The van der Waals surface area contributed by atoms with Crippen LogP contribution in [0.2, 0.25) is 0 Å². The van der Waals surface area contributed by atoms with Gasteiger partial charge in [0.15, 0.2) is 0 Å². The quantitative estimate of drug-likeness (QED) is 0.751. The van der Waals surface area contributed by atoms with Gasteiger partial charge >= 0.3 is 5.69 Å². The van der Waals surface area contributed by atoms with Crippen molar-refractivity contribution in [2.24, 2.45) is 7.05 Å². The molecule has 1 atom stereocenters. The molecule has 1 N–H and O–H groups in total. The molecule has 25 heavy (non-hydrogen) atoms. The molecule has 0 aliphatic heterocycles. The van der Waals surface area contributed by atoms with Crippen LogP contribution in [0, 0.1) is 0 Å². The predicted octanol–water partition coefficient (Wildman–Crippen LogP) is 2.90. The van der Waals surface area contributed by atoms with E-state index in [2.05, 4.69) is 13.8 Å². The van der Waals surface area contributed by atoms with Gasteiger partial charge in [-0.2, -0.15) is 0 Å². The third kappa shape index (κ3) is 3.46. The highest BCUT2D eigenvalue weighted by molar-refractivity contribution is 5.75. The molecule has 3 aromatic rings. The second kappa shape index (κ2) is 7.15. The lowest BCUT2D eigenvalue weighted by Gasteiger charge is -2.17. The van der Waals surface area contributed by atoms with Gasteiger partial charge in [-0.1, -0.05) is 44.2 Å². The van der Waals surface area contributed by atoms with Gasteiger partial charge in [0.1, 0.15) is 18.5 Å². The van der Waals surface area contributed by atoms with Gasteiger partial charge in [0.25, 0.3) is 0 Å². The van der Waals surface area contributed by atoms with E-state index < -0.39 is 6.10 Å². The maximum atomic E-state index is 12.4. The highest BCUT2D eigenvalue weighted by Crippen LogP contribution is 2.26. The zero-order valence-corrected chi connectivity index (χ0v) is 14.8. The van der Waals surface area contributed by atoms with E-state index in [9.17, 15) is 9.90 Å². The van der Waals surface area contributed by atoms with Crippen molar-refractivity contribution in [3.63, 3.8) is 0 Å². The number of aromatic nitrogens is 2. The van der Waals surface area contributed by atoms with Crippen molar-refractivity contribution in [2.45, 2.75) is 32.4 Å². The Morgan fingerprint density at radius 3 is 2.40 bits per heavy atom. The molecule has 0 amide bonds. The first kappa shape index (κ1) is 17.3. The van der Waals surface area contributed by atoms with Gasteiger partial charge in [0.2, 0.25) is 0 Å². The van der Waals surface area contributed by atoms with Crippen LogP contribution in [-0.4, -0.2) is 27.0 Å². The summed E-state index contributed by atoms with van der Waals surface area (Å²) in [6.07, 6.45) is -0.774. The van der Waals surface area contributed by atoms with E-state index in [1.54, 1.807) is 16.2 Å². The molecule has 3 rings (SSSR count). The minimum atomic E-state index is -0.774. The van der Waals surface area contributed by atoms with E-state index in [0.29, 0.717) is 5.92 Å². The number of aliphatic hydroxyl groups excluding tert-OH is 1. The van der Waals surface area contributed by atoms with Crippen LogP contribution in [-0.2, 0) is 13.6 Å². The Balaban J connectivity index is 1.75. The SMILES string of the molecule is CC(C)c1ccccc1OCC(O)Cn1c(=O)n(C)c2ccccc21. The summed E-state index contributed by atoms with van der Waals surface area (Å²) in [7, 11) is 1.74. The Morgan fingerprint density at radius 1 is 1.04 bits per heavy atom. The summed E-state index contributed by atoms with van der Waals surface area (Å²) in [5.41, 5.74) is 2.64. The zero-order valence-electron chi connectivity index (χ0n) is 14.8. The molecule has 0 aliphatic carbocycles. The number of fused-ring (bicyclic) bond motifs is 1. The molecule has 5 nitrogen and oxygen atoms in total. The molecule has 132 valence electrons. The molecule has 0 saturated heterocycles. The van der Waals surface area contributed by atoms with Crippen LogP contribution >= 0.6 is 0 Å². The fourth-order valence-electron chi connectivity index (χ4n) is 3.08. The topological polar surface area (TPSA) is 56.4 Å². The largest absolute Gasteiger partial charge is 0.491 e. The smallest absolute Gasteiger partial charge is 0.328 e. The molecule has 2 aromatic carbocycles. The molecule has 0 radical (unpaired) electrons. The van der Waals surface area contributed by atoms with Gasteiger partial charge in [-0.25, -0.2) is 4.79 Å². The van der Waals surface area contributed by atoms with E-state index >= 15 is 0 Å². The molecular weight excluding hydrogens is 316 g/mol. The van der Waals surface area contributed by atoms with Crippen LogP contribution < -0.4 is 10.4 Å². The first-order valence-corrected chi connectivity index (χ1v) is 8.53. The van der Waals surface area contributed by atoms with Crippen LogP contribution in [0.25, 0.3) is 11.0 Å². The lowest BCUT2D eigenvalue weighted by Crippen LogP contribution is -2.30. The number of benzene rings is 2. The van der Waals surface area contributed by atoms with Gasteiger partial charge in [-0.05, 0) is 29.7 Å². The fourth-order valence-corrected chi connectivity index (χ4v) is 3.08. The molecule has 0 aliphatic rings. The molecule has 0 spiro atoms. The number of ether oxygens (including phenoxy) is 1. The van der Waals surface area contributed by atoms with Crippen molar-refractivity contribution in [1.82, 2.24) is 9.13 Å². The minimum Gasteiger partial charge on any atom is -0.491 e. The molecule has 1 unspecified atom stereocenters. The van der Waals surface area contributed by atoms with Crippen molar-refractivity contribution < 1.29 is 9.84 Å². The van der Waals surface area contributed by atoms with E-state index in [4.69, 9.17) is 4.74 Å². The Kier molecular flexibility index (Phi) is 4.95. The van der Waals surface area contributed by atoms with Crippen LogP contribution in [0.4, 0.5) is 0 Å². The van der Waals surface area contributed by atoms with Gasteiger partial charge < -0.3 is 9.84 Å². The number of rotatable bonds is 6. The Hall–Kier alpha value is -2.53. The fraction of sp³-hybridized carbons (Fsp3) is 0.350. The number of hydrogen-bond acceptors (Lipinski definition) is 3. The lowest BCUT2D eigenvalue weighted by molar-refractivity contribution is 0.0919. The highest BCUT2D eigenvalue weighted by atomic mass is 16.5. The third-order valence-corrected chi connectivity index (χ3v) is 4.42. The van der Waals surface area contributed by atoms with Crippen LogP contribution in [0.15, 0.2) is 53.3 Å². The zero-order chi connectivity index (χ0) is 18.0.